The molecule has 1 saturated heterocycles. The summed E-state index contributed by atoms with van der Waals surface area (Å²) >= 11 is 0. The number of ether oxygens (including phenoxy) is 1. The molecule has 1 heterocycles. The van der Waals surface area contributed by atoms with Crippen LogP contribution < -0.4 is 4.90 Å². The minimum Gasteiger partial charge on any atom is -0.467 e. The van der Waals surface area contributed by atoms with Crippen LogP contribution in [-0.4, -0.2) is 30.6 Å². The van der Waals surface area contributed by atoms with Crippen LogP contribution in [0.15, 0.2) is 18.2 Å². The van der Waals surface area contributed by atoms with Gasteiger partial charge in [-0.1, -0.05) is 0 Å². The van der Waals surface area contributed by atoms with Gasteiger partial charge in [-0.05, 0) is 25.3 Å². The Morgan fingerprint density at radius 3 is 2.90 bits per heavy atom. The molecule has 1 aliphatic heterocycles. The third kappa shape index (κ3) is 2.71. The second-order valence-corrected chi connectivity index (χ2v) is 4.62. The van der Waals surface area contributed by atoms with Crippen LogP contribution in [0.3, 0.4) is 0 Å². The van der Waals surface area contributed by atoms with E-state index < -0.39 is 22.8 Å². The highest BCUT2D eigenvalue weighted by atomic mass is 19.1. The Morgan fingerprint density at radius 2 is 2.25 bits per heavy atom. The molecule has 0 radical (unpaired) electrons. The first-order valence-corrected chi connectivity index (χ1v) is 6.33. The van der Waals surface area contributed by atoms with Gasteiger partial charge in [0.05, 0.1) is 12.0 Å². The average molecular weight is 282 g/mol. The topological polar surface area (TPSA) is 72.7 Å². The summed E-state index contributed by atoms with van der Waals surface area (Å²) in [6.07, 6.45) is 2.17. The van der Waals surface area contributed by atoms with E-state index in [1.807, 2.05) is 0 Å². The Kier molecular flexibility index (Phi) is 4.16. The largest absolute Gasteiger partial charge is 0.467 e. The first-order valence-electron chi connectivity index (χ1n) is 6.33. The summed E-state index contributed by atoms with van der Waals surface area (Å²) in [6, 6.07) is 2.65. The number of nitro groups is 1. The van der Waals surface area contributed by atoms with E-state index in [0.717, 1.165) is 31.0 Å². The molecule has 2 rings (SSSR count). The molecule has 1 atom stereocenters. The number of rotatable bonds is 3. The van der Waals surface area contributed by atoms with Crippen LogP contribution in [-0.2, 0) is 9.53 Å². The molecule has 1 aromatic carbocycles. The van der Waals surface area contributed by atoms with Gasteiger partial charge in [-0.3, -0.25) is 10.1 Å². The number of halogens is 1. The molecule has 108 valence electrons. The summed E-state index contributed by atoms with van der Waals surface area (Å²) in [6.45, 7) is 0.462. The first-order chi connectivity index (χ1) is 9.54. The van der Waals surface area contributed by atoms with Crippen molar-refractivity contribution in [1.29, 1.82) is 0 Å². The average Bonchev–Trinajstić information content (AvgIpc) is 2.46. The molecule has 0 saturated carbocycles. The van der Waals surface area contributed by atoms with Crippen molar-refractivity contribution in [2.45, 2.75) is 25.3 Å². The van der Waals surface area contributed by atoms with Gasteiger partial charge in [0.25, 0.3) is 5.69 Å². The van der Waals surface area contributed by atoms with Crippen molar-refractivity contribution in [3.8, 4) is 0 Å². The van der Waals surface area contributed by atoms with Crippen LogP contribution in [0.1, 0.15) is 19.3 Å². The number of esters is 1. The van der Waals surface area contributed by atoms with Gasteiger partial charge in [0.15, 0.2) is 0 Å². The molecule has 1 unspecified atom stereocenters. The summed E-state index contributed by atoms with van der Waals surface area (Å²) < 4.78 is 18.1. The lowest BCUT2D eigenvalue weighted by atomic mass is 10.0. The molecular formula is C13H15FN2O4. The second kappa shape index (κ2) is 5.85. The number of hydrogen-bond donors (Lipinski definition) is 0. The Hall–Kier alpha value is -2.18. The molecular weight excluding hydrogens is 267 g/mol. The first kappa shape index (κ1) is 14.2. The number of carbonyl (C=O) groups excluding carboxylic acids is 1. The number of hydrogen-bond acceptors (Lipinski definition) is 5. The van der Waals surface area contributed by atoms with E-state index in [9.17, 15) is 19.3 Å². The number of anilines is 1. The molecule has 0 spiro atoms. The third-order valence-corrected chi connectivity index (χ3v) is 3.42. The molecule has 20 heavy (non-hydrogen) atoms. The summed E-state index contributed by atoms with van der Waals surface area (Å²) in [5, 5.41) is 11.1. The lowest BCUT2D eigenvalue weighted by Crippen LogP contribution is -2.45. The summed E-state index contributed by atoms with van der Waals surface area (Å²) in [5.41, 5.74) is -0.0766. The lowest BCUT2D eigenvalue weighted by molar-refractivity contribution is -0.384. The number of nitrogens with zero attached hydrogens (tertiary/aromatic N) is 2. The van der Waals surface area contributed by atoms with Crippen molar-refractivity contribution < 1.29 is 18.8 Å². The number of nitro benzene ring substituents is 1. The van der Waals surface area contributed by atoms with Crippen LogP contribution in [0.2, 0.25) is 0 Å². The number of benzene rings is 1. The minimum absolute atomic E-state index is 0.130. The highest BCUT2D eigenvalue weighted by Crippen LogP contribution is 2.33. The molecule has 7 heteroatoms. The Bertz CT molecular complexity index is 535. The van der Waals surface area contributed by atoms with Crippen molar-refractivity contribution in [1.82, 2.24) is 0 Å². The molecule has 0 bridgehead atoms. The lowest BCUT2D eigenvalue weighted by Gasteiger charge is -2.35. The summed E-state index contributed by atoms with van der Waals surface area (Å²) in [7, 11) is 1.27. The zero-order valence-electron chi connectivity index (χ0n) is 11.0. The van der Waals surface area contributed by atoms with E-state index in [2.05, 4.69) is 0 Å². The zero-order valence-corrected chi connectivity index (χ0v) is 11.0. The Labute approximate surface area is 115 Å². The van der Waals surface area contributed by atoms with E-state index in [1.165, 1.54) is 7.11 Å². The molecule has 6 nitrogen and oxygen atoms in total. The highest BCUT2D eigenvalue weighted by molar-refractivity contribution is 5.82. The van der Waals surface area contributed by atoms with Gasteiger partial charge < -0.3 is 9.64 Å². The van der Waals surface area contributed by atoms with Gasteiger partial charge >= 0.3 is 5.97 Å². The van der Waals surface area contributed by atoms with Gasteiger partial charge in [-0.25, -0.2) is 9.18 Å². The normalized spacial score (nSPS) is 18.7. The maximum absolute atomic E-state index is 13.4. The molecule has 1 aromatic rings. The predicted molar refractivity (Wildman–Crippen MR) is 70.1 cm³/mol. The van der Waals surface area contributed by atoms with Crippen LogP contribution in [0.4, 0.5) is 15.8 Å². The van der Waals surface area contributed by atoms with E-state index in [1.54, 1.807) is 4.90 Å². The van der Waals surface area contributed by atoms with Crippen molar-refractivity contribution in [3.05, 3.63) is 34.1 Å². The molecule has 1 aliphatic rings. The third-order valence-electron chi connectivity index (χ3n) is 3.42. The Balaban J connectivity index is 2.44. The standard InChI is InChI=1S/C13H15FN2O4/c1-20-13(17)11-4-2-3-7-15(11)12-8-9(14)5-6-10(12)16(18)19/h5-6,8,11H,2-4,7H2,1H3. The van der Waals surface area contributed by atoms with Gasteiger partial charge in [-0.2, -0.15) is 0 Å². The van der Waals surface area contributed by atoms with Gasteiger partial charge in [0, 0.05) is 18.7 Å². The number of carbonyl (C=O) groups is 1. The van der Waals surface area contributed by atoms with Crippen molar-refractivity contribution in [2.24, 2.45) is 0 Å². The highest BCUT2D eigenvalue weighted by Gasteiger charge is 2.33. The predicted octanol–water partition coefficient (Wildman–Crippen LogP) is 2.27. The van der Waals surface area contributed by atoms with Gasteiger partial charge in [0.2, 0.25) is 0 Å². The minimum atomic E-state index is -0.603. The molecule has 0 aromatic heterocycles. The van der Waals surface area contributed by atoms with Gasteiger partial charge in [-0.15, -0.1) is 0 Å². The van der Waals surface area contributed by atoms with E-state index in [4.69, 9.17) is 4.74 Å². The van der Waals surface area contributed by atoms with Crippen molar-refractivity contribution in [2.75, 3.05) is 18.6 Å². The SMILES string of the molecule is COC(=O)C1CCCCN1c1cc(F)ccc1[N+](=O)[O-]. The van der Waals surface area contributed by atoms with E-state index >= 15 is 0 Å². The summed E-state index contributed by atoms with van der Waals surface area (Å²) in [4.78, 5) is 23.8. The molecule has 0 N–H and O–H groups in total. The van der Waals surface area contributed by atoms with Crippen molar-refractivity contribution >= 4 is 17.3 Å². The van der Waals surface area contributed by atoms with E-state index in [-0.39, 0.29) is 11.4 Å². The van der Waals surface area contributed by atoms with Crippen LogP contribution in [0.25, 0.3) is 0 Å². The number of piperidine rings is 1. The fourth-order valence-corrected chi connectivity index (χ4v) is 2.48. The fraction of sp³-hybridized carbons (Fsp3) is 0.462. The molecule has 0 amide bonds. The monoisotopic (exact) mass is 282 g/mol. The maximum atomic E-state index is 13.4. The second-order valence-electron chi connectivity index (χ2n) is 4.62. The van der Waals surface area contributed by atoms with E-state index in [0.29, 0.717) is 13.0 Å². The Morgan fingerprint density at radius 1 is 1.50 bits per heavy atom. The molecule has 1 fully saturated rings. The van der Waals surface area contributed by atoms with Crippen LogP contribution in [0.5, 0.6) is 0 Å². The zero-order chi connectivity index (χ0) is 14.7. The fourth-order valence-electron chi connectivity index (χ4n) is 2.48. The van der Waals surface area contributed by atoms with Gasteiger partial charge in [0.1, 0.15) is 17.5 Å². The van der Waals surface area contributed by atoms with Crippen LogP contribution >= 0.6 is 0 Å². The summed E-state index contributed by atoms with van der Waals surface area (Å²) in [5.74, 6) is -1.02. The maximum Gasteiger partial charge on any atom is 0.328 e. The number of methoxy groups -OCH3 is 1. The molecule has 0 aliphatic carbocycles. The van der Waals surface area contributed by atoms with Crippen LogP contribution in [0, 0.1) is 15.9 Å². The quantitative estimate of drug-likeness (QED) is 0.483. The van der Waals surface area contributed by atoms with Crippen molar-refractivity contribution in [3.63, 3.8) is 0 Å². The smallest absolute Gasteiger partial charge is 0.328 e.